The molecule has 2 amide bonds. The smallest absolute Gasteiger partial charge is 0.315 e. The molecule has 154 valence electrons. The number of urea groups is 1. The number of anilines is 1. The van der Waals surface area contributed by atoms with Gasteiger partial charge in [-0.15, -0.1) is 0 Å². The minimum absolute atomic E-state index is 0.0777. The molecule has 1 aromatic carbocycles. The van der Waals surface area contributed by atoms with Crippen LogP contribution in [0.15, 0.2) is 48.7 Å². The topological polar surface area (TPSA) is 60.5 Å². The predicted octanol–water partition coefficient (Wildman–Crippen LogP) is 3.15. The van der Waals surface area contributed by atoms with E-state index in [1.165, 1.54) is 18.4 Å². The van der Waals surface area contributed by atoms with Crippen molar-refractivity contribution in [1.82, 2.24) is 20.5 Å². The fourth-order valence-electron chi connectivity index (χ4n) is 4.19. The molecule has 3 heterocycles. The van der Waals surface area contributed by atoms with Crippen molar-refractivity contribution < 1.29 is 4.79 Å². The van der Waals surface area contributed by atoms with Crippen LogP contribution in [-0.4, -0.2) is 48.1 Å². The molecule has 1 aromatic heterocycles. The molecule has 6 heteroatoms. The first-order chi connectivity index (χ1) is 14.3. The van der Waals surface area contributed by atoms with Crippen LogP contribution in [0.5, 0.6) is 0 Å². The Kier molecular flexibility index (Phi) is 6.62. The summed E-state index contributed by atoms with van der Waals surface area (Å²) < 4.78 is 0. The summed E-state index contributed by atoms with van der Waals surface area (Å²) in [5.41, 5.74) is 2.44. The normalized spacial score (nSPS) is 18.0. The van der Waals surface area contributed by atoms with Crippen LogP contribution in [0.1, 0.15) is 36.8 Å². The highest BCUT2D eigenvalue weighted by molar-refractivity contribution is 5.74. The average Bonchev–Trinajstić information content (AvgIpc) is 3.30. The molecule has 2 aliphatic heterocycles. The fourth-order valence-corrected chi connectivity index (χ4v) is 4.19. The van der Waals surface area contributed by atoms with Crippen LogP contribution in [0.2, 0.25) is 0 Å². The first-order valence-electron chi connectivity index (χ1n) is 10.8. The highest BCUT2D eigenvalue weighted by Crippen LogP contribution is 2.18. The van der Waals surface area contributed by atoms with E-state index in [2.05, 4.69) is 61.8 Å². The van der Waals surface area contributed by atoms with Gasteiger partial charge in [-0.3, -0.25) is 4.90 Å². The fraction of sp³-hybridized carbons (Fsp3) is 0.478. The van der Waals surface area contributed by atoms with Gasteiger partial charge in [0.05, 0.1) is 0 Å². The first-order valence-corrected chi connectivity index (χ1v) is 10.8. The van der Waals surface area contributed by atoms with Gasteiger partial charge in [-0.1, -0.05) is 30.3 Å². The lowest BCUT2D eigenvalue weighted by Crippen LogP contribution is -2.47. The number of rotatable bonds is 6. The second kappa shape index (κ2) is 9.74. The van der Waals surface area contributed by atoms with E-state index in [0.29, 0.717) is 6.54 Å². The molecule has 2 aromatic rings. The Morgan fingerprint density at radius 3 is 2.52 bits per heavy atom. The number of carbonyl (C=O) groups is 1. The number of hydrogen-bond donors (Lipinski definition) is 2. The summed E-state index contributed by atoms with van der Waals surface area (Å²) in [7, 11) is 0. The molecular formula is C23H31N5O. The molecule has 0 aliphatic carbocycles. The van der Waals surface area contributed by atoms with Crippen LogP contribution in [0.4, 0.5) is 10.6 Å². The minimum atomic E-state index is -0.0777. The SMILES string of the molecule is O=C(NCc1ccnc(N2CCCC2)c1)NC1CCN(Cc2ccccc2)CC1. The number of amides is 2. The Balaban J connectivity index is 1.18. The number of nitrogens with one attached hydrogen (secondary N) is 2. The van der Waals surface area contributed by atoms with Crippen molar-refractivity contribution in [2.24, 2.45) is 0 Å². The number of nitrogens with zero attached hydrogens (tertiary/aromatic N) is 3. The lowest BCUT2D eigenvalue weighted by molar-refractivity contribution is 0.186. The maximum atomic E-state index is 12.3. The Labute approximate surface area is 173 Å². The molecule has 0 atom stereocenters. The lowest BCUT2D eigenvalue weighted by Gasteiger charge is -2.32. The second-order valence-electron chi connectivity index (χ2n) is 8.08. The molecule has 0 saturated carbocycles. The van der Waals surface area contributed by atoms with Gasteiger partial charge in [0.25, 0.3) is 0 Å². The standard InChI is InChI=1S/C23H31N5O/c29-23(25-17-20-8-11-24-22(16-20)28-12-4-5-13-28)26-21-9-14-27(15-10-21)18-19-6-2-1-3-7-19/h1-3,6-8,11,16,21H,4-5,9-10,12-15,17-18H2,(H2,25,26,29). The zero-order valence-corrected chi connectivity index (χ0v) is 17.0. The van der Waals surface area contributed by atoms with E-state index >= 15 is 0 Å². The van der Waals surface area contributed by atoms with Gasteiger partial charge in [-0.25, -0.2) is 9.78 Å². The predicted molar refractivity (Wildman–Crippen MR) is 116 cm³/mol. The molecule has 2 fully saturated rings. The van der Waals surface area contributed by atoms with Crippen molar-refractivity contribution in [1.29, 1.82) is 0 Å². The van der Waals surface area contributed by atoms with E-state index in [4.69, 9.17) is 0 Å². The first kappa shape index (κ1) is 19.7. The van der Waals surface area contributed by atoms with Gasteiger partial charge in [0.15, 0.2) is 0 Å². The summed E-state index contributed by atoms with van der Waals surface area (Å²) in [6.45, 7) is 5.71. The van der Waals surface area contributed by atoms with Crippen molar-refractivity contribution in [2.75, 3.05) is 31.1 Å². The van der Waals surface area contributed by atoms with E-state index in [-0.39, 0.29) is 12.1 Å². The second-order valence-corrected chi connectivity index (χ2v) is 8.08. The van der Waals surface area contributed by atoms with Gasteiger partial charge < -0.3 is 15.5 Å². The van der Waals surface area contributed by atoms with Crippen molar-refractivity contribution in [3.8, 4) is 0 Å². The molecule has 2 saturated heterocycles. The molecule has 29 heavy (non-hydrogen) atoms. The van der Waals surface area contributed by atoms with Crippen molar-refractivity contribution in [3.63, 3.8) is 0 Å². The zero-order chi connectivity index (χ0) is 19.9. The maximum absolute atomic E-state index is 12.3. The van der Waals surface area contributed by atoms with Crippen molar-refractivity contribution in [2.45, 2.75) is 44.8 Å². The van der Waals surface area contributed by atoms with Gasteiger partial charge in [0.1, 0.15) is 5.82 Å². The maximum Gasteiger partial charge on any atom is 0.315 e. The Hall–Kier alpha value is -2.60. The molecule has 6 nitrogen and oxygen atoms in total. The third-order valence-corrected chi connectivity index (χ3v) is 5.86. The number of likely N-dealkylation sites (tertiary alicyclic amines) is 1. The Morgan fingerprint density at radius 1 is 1.00 bits per heavy atom. The molecular weight excluding hydrogens is 362 g/mol. The quantitative estimate of drug-likeness (QED) is 0.792. The number of hydrogen-bond acceptors (Lipinski definition) is 4. The summed E-state index contributed by atoms with van der Waals surface area (Å²) in [5, 5.41) is 6.15. The minimum Gasteiger partial charge on any atom is -0.357 e. The van der Waals surface area contributed by atoms with Gasteiger partial charge in [-0.05, 0) is 48.9 Å². The van der Waals surface area contributed by atoms with Gasteiger partial charge in [0, 0.05) is 51.5 Å². The van der Waals surface area contributed by atoms with Crippen molar-refractivity contribution in [3.05, 3.63) is 59.8 Å². The molecule has 2 aliphatic rings. The summed E-state index contributed by atoms with van der Waals surface area (Å²) in [5.74, 6) is 1.02. The van der Waals surface area contributed by atoms with Crippen LogP contribution in [0, 0.1) is 0 Å². The monoisotopic (exact) mass is 393 g/mol. The van der Waals surface area contributed by atoms with E-state index in [1.807, 2.05) is 12.3 Å². The number of pyridine rings is 1. The van der Waals surface area contributed by atoms with Gasteiger partial charge >= 0.3 is 6.03 Å². The van der Waals surface area contributed by atoms with Crippen LogP contribution in [0.25, 0.3) is 0 Å². The van der Waals surface area contributed by atoms with Gasteiger partial charge in [-0.2, -0.15) is 0 Å². The molecule has 0 unspecified atom stereocenters. The van der Waals surface area contributed by atoms with Crippen molar-refractivity contribution >= 4 is 11.8 Å². The number of aromatic nitrogens is 1. The highest BCUT2D eigenvalue weighted by Gasteiger charge is 2.20. The average molecular weight is 394 g/mol. The number of benzene rings is 1. The third kappa shape index (κ3) is 5.70. The third-order valence-electron chi connectivity index (χ3n) is 5.86. The molecule has 4 rings (SSSR count). The van der Waals surface area contributed by atoms with E-state index < -0.39 is 0 Å². The van der Waals surface area contributed by atoms with E-state index in [1.54, 1.807) is 0 Å². The van der Waals surface area contributed by atoms with Gasteiger partial charge in [0.2, 0.25) is 0 Å². The van der Waals surface area contributed by atoms with Crippen LogP contribution in [-0.2, 0) is 13.1 Å². The summed E-state index contributed by atoms with van der Waals surface area (Å²) >= 11 is 0. The summed E-state index contributed by atoms with van der Waals surface area (Å²) in [4.78, 5) is 21.6. The van der Waals surface area contributed by atoms with E-state index in [0.717, 1.165) is 56.9 Å². The van der Waals surface area contributed by atoms with Crippen LogP contribution < -0.4 is 15.5 Å². The van der Waals surface area contributed by atoms with Crippen LogP contribution in [0.3, 0.4) is 0 Å². The summed E-state index contributed by atoms with van der Waals surface area (Å²) in [6, 6.07) is 14.8. The van der Waals surface area contributed by atoms with Crippen LogP contribution >= 0.6 is 0 Å². The molecule has 0 bridgehead atoms. The number of carbonyl (C=O) groups excluding carboxylic acids is 1. The lowest BCUT2D eigenvalue weighted by atomic mass is 10.0. The molecule has 2 N–H and O–H groups in total. The summed E-state index contributed by atoms with van der Waals surface area (Å²) in [6.07, 6.45) is 6.29. The molecule has 0 radical (unpaired) electrons. The Bertz CT molecular complexity index is 783. The largest absolute Gasteiger partial charge is 0.357 e. The number of piperidine rings is 1. The highest BCUT2D eigenvalue weighted by atomic mass is 16.2. The van der Waals surface area contributed by atoms with E-state index in [9.17, 15) is 4.79 Å². The molecule has 0 spiro atoms. The Morgan fingerprint density at radius 2 is 1.76 bits per heavy atom. The zero-order valence-electron chi connectivity index (χ0n) is 17.0.